The second kappa shape index (κ2) is 5.74. The molecule has 1 rings (SSSR count). The van der Waals surface area contributed by atoms with Crippen LogP contribution in [0.3, 0.4) is 0 Å². The molecule has 17 heavy (non-hydrogen) atoms. The van der Waals surface area contributed by atoms with Crippen molar-refractivity contribution >= 4 is 16.0 Å². The maximum Gasteiger partial charge on any atom is 0.307 e. The highest BCUT2D eigenvalue weighted by molar-refractivity contribution is 7.89. The van der Waals surface area contributed by atoms with Gasteiger partial charge in [-0.15, -0.1) is 0 Å². The molecule has 0 saturated carbocycles. The summed E-state index contributed by atoms with van der Waals surface area (Å²) in [7, 11) is -3.67. The van der Waals surface area contributed by atoms with Crippen LogP contribution in [0.5, 0.6) is 0 Å². The Bertz CT molecular complexity index is 472. The van der Waals surface area contributed by atoms with Crippen LogP contribution >= 0.6 is 0 Å². The Hall–Kier alpha value is -1.47. The van der Waals surface area contributed by atoms with Crippen LogP contribution in [-0.2, 0) is 14.8 Å². The average molecular weight is 258 g/mol. The van der Waals surface area contributed by atoms with Gasteiger partial charge < -0.3 is 5.11 Å². The summed E-state index contributed by atoms with van der Waals surface area (Å²) in [6.07, 6.45) is 3.04. The summed E-state index contributed by atoms with van der Waals surface area (Å²) in [5.74, 6) is -1.73. The van der Waals surface area contributed by atoms with Crippen molar-refractivity contribution in [3.8, 4) is 0 Å². The fraction of sp³-hybridized carbons (Fsp3) is 0.400. The smallest absolute Gasteiger partial charge is 0.307 e. The molecule has 94 valence electrons. The number of nitrogens with zero attached hydrogens (tertiary/aromatic N) is 1. The summed E-state index contributed by atoms with van der Waals surface area (Å²) in [4.78, 5) is 14.5. The molecule has 0 radical (unpaired) electrons. The highest BCUT2D eigenvalue weighted by Gasteiger charge is 2.20. The first-order valence-electron chi connectivity index (χ1n) is 5.10. The maximum atomic E-state index is 11.7. The summed E-state index contributed by atoms with van der Waals surface area (Å²) < 4.78 is 25.7. The molecule has 1 atom stereocenters. The minimum absolute atomic E-state index is 0.0280. The lowest BCUT2D eigenvalue weighted by atomic mass is 10.1. The summed E-state index contributed by atoms with van der Waals surface area (Å²) >= 11 is 0. The molecule has 7 heteroatoms. The van der Waals surface area contributed by atoms with Crippen LogP contribution in [0.1, 0.15) is 13.3 Å². The quantitative estimate of drug-likeness (QED) is 0.773. The topological polar surface area (TPSA) is 96.4 Å². The number of carboxylic acids is 1. The van der Waals surface area contributed by atoms with E-state index in [4.69, 9.17) is 5.11 Å². The van der Waals surface area contributed by atoms with Gasteiger partial charge in [-0.05, 0) is 18.6 Å². The second-order valence-electron chi connectivity index (χ2n) is 3.48. The molecular weight excluding hydrogens is 244 g/mol. The normalized spacial score (nSPS) is 13.2. The lowest BCUT2D eigenvalue weighted by molar-refractivity contribution is -0.141. The highest BCUT2D eigenvalue weighted by atomic mass is 32.2. The van der Waals surface area contributed by atoms with E-state index in [1.807, 2.05) is 0 Å². The molecule has 1 heterocycles. The molecule has 0 fully saturated rings. The van der Waals surface area contributed by atoms with E-state index in [0.717, 1.165) is 0 Å². The van der Waals surface area contributed by atoms with Gasteiger partial charge in [0.1, 0.15) is 4.90 Å². The van der Waals surface area contributed by atoms with E-state index in [1.54, 1.807) is 6.92 Å². The van der Waals surface area contributed by atoms with E-state index < -0.39 is 21.9 Å². The zero-order valence-electron chi connectivity index (χ0n) is 9.33. The van der Waals surface area contributed by atoms with Crippen molar-refractivity contribution in [1.29, 1.82) is 0 Å². The average Bonchev–Trinajstić information content (AvgIpc) is 2.30. The molecule has 1 unspecified atom stereocenters. The number of nitrogens with one attached hydrogen (secondary N) is 1. The third kappa shape index (κ3) is 3.79. The van der Waals surface area contributed by atoms with E-state index in [2.05, 4.69) is 9.71 Å². The number of carboxylic acid groups (broad SMARTS) is 1. The van der Waals surface area contributed by atoms with Crippen molar-refractivity contribution in [3.05, 3.63) is 24.5 Å². The Balaban J connectivity index is 2.72. The van der Waals surface area contributed by atoms with Crippen molar-refractivity contribution in [3.63, 3.8) is 0 Å². The number of hydrogen-bond donors (Lipinski definition) is 2. The van der Waals surface area contributed by atoms with E-state index in [1.165, 1.54) is 24.5 Å². The van der Waals surface area contributed by atoms with Crippen LogP contribution in [0.25, 0.3) is 0 Å². The molecule has 0 bridgehead atoms. The SMILES string of the molecule is CCC(CNS(=O)(=O)c1cccnc1)C(=O)O. The molecule has 6 nitrogen and oxygen atoms in total. The van der Waals surface area contributed by atoms with E-state index in [9.17, 15) is 13.2 Å². The molecule has 2 N–H and O–H groups in total. The van der Waals surface area contributed by atoms with Crippen molar-refractivity contribution in [2.45, 2.75) is 18.2 Å². The fourth-order valence-electron chi connectivity index (χ4n) is 1.21. The predicted molar refractivity (Wildman–Crippen MR) is 60.8 cm³/mol. The van der Waals surface area contributed by atoms with E-state index in [0.29, 0.717) is 6.42 Å². The minimum Gasteiger partial charge on any atom is -0.481 e. The molecule has 0 saturated heterocycles. The third-order valence-electron chi connectivity index (χ3n) is 2.31. The molecule has 0 aliphatic carbocycles. The molecule has 0 aliphatic heterocycles. The molecule has 0 amide bonds. The summed E-state index contributed by atoms with van der Waals surface area (Å²) in [6, 6.07) is 2.90. The highest BCUT2D eigenvalue weighted by Crippen LogP contribution is 2.07. The van der Waals surface area contributed by atoms with Crippen LogP contribution in [0.4, 0.5) is 0 Å². The first-order chi connectivity index (χ1) is 7.97. The zero-order chi connectivity index (χ0) is 12.9. The van der Waals surface area contributed by atoms with Gasteiger partial charge in [0.2, 0.25) is 10.0 Å². The Morgan fingerprint density at radius 1 is 1.59 bits per heavy atom. The predicted octanol–water partition coefficient (Wildman–Crippen LogP) is 0.471. The molecular formula is C10H14N2O4S. The maximum absolute atomic E-state index is 11.7. The second-order valence-corrected chi connectivity index (χ2v) is 5.25. The van der Waals surface area contributed by atoms with Crippen molar-refractivity contribution in [2.75, 3.05) is 6.54 Å². The van der Waals surface area contributed by atoms with Crippen molar-refractivity contribution in [2.24, 2.45) is 5.92 Å². The molecule has 1 aromatic rings. The number of aromatic nitrogens is 1. The number of hydrogen-bond acceptors (Lipinski definition) is 4. The van der Waals surface area contributed by atoms with Crippen molar-refractivity contribution in [1.82, 2.24) is 9.71 Å². The summed E-state index contributed by atoms with van der Waals surface area (Å²) in [6.45, 7) is 1.57. The van der Waals surface area contributed by atoms with Gasteiger partial charge in [-0.2, -0.15) is 0 Å². The van der Waals surface area contributed by atoms with Crippen LogP contribution in [0.15, 0.2) is 29.4 Å². The Kier molecular flexibility index (Phi) is 4.59. The van der Waals surface area contributed by atoms with Gasteiger partial charge in [0, 0.05) is 18.9 Å². The van der Waals surface area contributed by atoms with Gasteiger partial charge in [-0.3, -0.25) is 9.78 Å². The van der Waals surface area contributed by atoms with Crippen LogP contribution in [0, 0.1) is 5.92 Å². The lowest BCUT2D eigenvalue weighted by Crippen LogP contribution is -2.32. The van der Waals surface area contributed by atoms with E-state index in [-0.39, 0.29) is 11.4 Å². The first-order valence-corrected chi connectivity index (χ1v) is 6.58. The monoisotopic (exact) mass is 258 g/mol. The summed E-state index contributed by atoms with van der Waals surface area (Å²) in [5.41, 5.74) is 0. The molecule has 0 spiro atoms. The number of pyridine rings is 1. The van der Waals surface area contributed by atoms with Gasteiger partial charge in [0.05, 0.1) is 5.92 Å². The van der Waals surface area contributed by atoms with Gasteiger partial charge in [-0.1, -0.05) is 6.92 Å². The zero-order valence-corrected chi connectivity index (χ0v) is 10.1. The Morgan fingerprint density at radius 3 is 2.76 bits per heavy atom. The number of carbonyl (C=O) groups is 1. The van der Waals surface area contributed by atoms with Gasteiger partial charge in [0.15, 0.2) is 0 Å². The summed E-state index contributed by atoms with van der Waals surface area (Å²) in [5, 5.41) is 8.79. The molecule has 0 aliphatic rings. The van der Waals surface area contributed by atoms with E-state index >= 15 is 0 Å². The standard InChI is InChI=1S/C10H14N2O4S/c1-2-8(10(13)14)6-12-17(15,16)9-4-3-5-11-7-9/h3-5,7-8,12H,2,6H2,1H3,(H,13,14). The van der Waals surface area contributed by atoms with Crippen LogP contribution < -0.4 is 4.72 Å². The molecule has 0 aromatic carbocycles. The van der Waals surface area contributed by atoms with Crippen molar-refractivity contribution < 1.29 is 18.3 Å². The van der Waals surface area contributed by atoms with Crippen LogP contribution in [-0.4, -0.2) is 31.0 Å². The van der Waals surface area contributed by atoms with Gasteiger partial charge in [-0.25, -0.2) is 13.1 Å². The fourth-order valence-corrected chi connectivity index (χ4v) is 2.25. The largest absolute Gasteiger partial charge is 0.481 e. The molecule has 1 aromatic heterocycles. The lowest BCUT2D eigenvalue weighted by Gasteiger charge is -2.11. The Morgan fingerprint density at radius 2 is 2.29 bits per heavy atom. The third-order valence-corrected chi connectivity index (χ3v) is 3.72. The first kappa shape index (κ1) is 13.6. The number of rotatable bonds is 6. The van der Waals surface area contributed by atoms with Gasteiger partial charge >= 0.3 is 5.97 Å². The van der Waals surface area contributed by atoms with Crippen LogP contribution in [0.2, 0.25) is 0 Å². The number of sulfonamides is 1. The Labute approximate surface area is 99.7 Å². The minimum atomic E-state index is -3.67. The number of aliphatic carboxylic acids is 1. The van der Waals surface area contributed by atoms with Gasteiger partial charge in [0.25, 0.3) is 0 Å².